The standard InChI is InChI=1S/C23H23FN8O/c1-23(2,29-30-26)22(33)31-11-12-32-19(14-31)28-20(16-5-7-17(24)8-6-16)21(32)27-18-9-3-15(13-25)4-10-18/h3-10,27H,11-12,14H2,1-2H3,(H2,26,29). The van der Waals surface area contributed by atoms with Crippen LogP contribution in [-0.4, -0.2) is 32.4 Å². The van der Waals surface area contributed by atoms with Crippen LogP contribution in [0.5, 0.6) is 0 Å². The van der Waals surface area contributed by atoms with Gasteiger partial charge in [0, 0.05) is 24.3 Å². The van der Waals surface area contributed by atoms with Crippen LogP contribution in [0.3, 0.4) is 0 Å². The van der Waals surface area contributed by atoms with Gasteiger partial charge in [0.15, 0.2) is 5.54 Å². The Labute approximate surface area is 190 Å². The van der Waals surface area contributed by atoms with Crippen molar-refractivity contribution < 1.29 is 9.18 Å². The average molecular weight is 446 g/mol. The van der Waals surface area contributed by atoms with Gasteiger partial charge >= 0.3 is 0 Å². The molecule has 0 fully saturated rings. The highest BCUT2D eigenvalue weighted by atomic mass is 19.1. The summed E-state index contributed by atoms with van der Waals surface area (Å²) in [5, 5.41) is 19.6. The highest BCUT2D eigenvalue weighted by Gasteiger charge is 2.35. The van der Waals surface area contributed by atoms with Crippen molar-refractivity contribution in [2.24, 2.45) is 16.2 Å². The zero-order valence-corrected chi connectivity index (χ0v) is 18.3. The fourth-order valence-electron chi connectivity index (χ4n) is 3.78. The summed E-state index contributed by atoms with van der Waals surface area (Å²) < 4.78 is 15.5. The summed E-state index contributed by atoms with van der Waals surface area (Å²) >= 11 is 0. The van der Waals surface area contributed by atoms with E-state index < -0.39 is 5.54 Å². The molecule has 0 atom stereocenters. The number of carbonyl (C=O) groups is 1. The molecule has 168 valence electrons. The first-order chi connectivity index (χ1) is 15.8. The molecule has 2 aromatic carbocycles. The van der Waals surface area contributed by atoms with Gasteiger partial charge in [-0.2, -0.15) is 10.4 Å². The van der Waals surface area contributed by atoms with E-state index in [0.717, 1.165) is 17.1 Å². The minimum atomic E-state index is -1.08. The van der Waals surface area contributed by atoms with Crippen molar-refractivity contribution in [3.8, 4) is 17.3 Å². The minimum Gasteiger partial charge on any atom is -0.340 e. The van der Waals surface area contributed by atoms with Crippen molar-refractivity contribution in [2.75, 3.05) is 11.9 Å². The summed E-state index contributed by atoms with van der Waals surface area (Å²) in [6.45, 7) is 4.56. The Morgan fingerprint density at radius 2 is 1.88 bits per heavy atom. The number of benzene rings is 2. The molecule has 0 unspecified atom stereocenters. The molecule has 0 saturated heterocycles. The Kier molecular flexibility index (Phi) is 5.79. The SMILES string of the molecule is CC(C)(N=NN)C(=O)N1CCn2c(nc(-c3ccc(F)cc3)c2Nc2ccc(C#N)cc2)C1. The molecule has 33 heavy (non-hydrogen) atoms. The summed E-state index contributed by atoms with van der Waals surface area (Å²) in [6.07, 6.45) is 0. The van der Waals surface area contributed by atoms with Crippen LogP contribution >= 0.6 is 0 Å². The Morgan fingerprint density at radius 3 is 2.52 bits per heavy atom. The number of nitrogens with two attached hydrogens (primary N) is 1. The van der Waals surface area contributed by atoms with Gasteiger partial charge in [-0.15, -0.1) is 0 Å². The lowest BCUT2D eigenvalue weighted by Crippen LogP contribution is -2.47. The van der Waals surface area contributed by atoms with Crippen molar-refractivity contribution >= 4 is 17.4 Å². The van der Waals surface area contributed by atoms with E-state index in [-0.39, 0.29) is 18.3 Å². The first kappa shape index (κ1) is 22.0. The lowest BCUT2D eigenvalue weighted by atomic mass is 10.0. The fraction of sp³-hybridized carbons (Fsp3) is 0.261. The van der Waals surface area contributed by atoms with Gasteiger partial charge in [0.2, 0.25) is 0 Å². The van der Waals surface area contributed by atoms with E-state index in [9.17, 15) is 9.18 Å². The number of rotatable bonds is 5. The molecule has 0 radical (unpaired) electrons. The van der Waals surface area contributed by atoms with Gasteiger partial charge in [-0.05, 0) is 62.4 Å². The number of hydrogen-bond acceptors (Lipinski definition) is 6. The number of halogens is 1. The van der Waals surface area contributed by atoms with Gasteiger partial charge in [-0.25, -0.2) is 9.37 Å². The van der Waals surface area contributed by atoms with E-state index in [1.54, 1.807) is 43.0 Å². The summed E-state index contributed by atoms with van der Waals surface area (Å²) in [4.78, 5) is 19.4. The molecular formula is C23H23FN8O. The van der Waals surface area contributed by atoms with E-state index in [0.29, 0.717) is 30.2 Å². The van der Waals surface area contributed by atoms with Crippen LogP contribution in [0.4, 0.5) is 15.9 Å². The molecule has 10 heteroatoms. The number of anilines is 2. The second-order valence-corrected chi connectivity index (χ2v) is 8.20. The van der Waals surface area contributed by atoms with Crippen molar-refractivity contribution in [1.82, 2.24) is 14.5 Å². The maximum Gasteiger partial charge on any atom is 0.252 e. The van der Waals surface area contributed by atoms with Gasteiger partial charge in [-0.3, -0.25) is 4.79 Å². The maximum absolute atomic E-state index is 13.5. The molecule has 0 bridgehead atoms. The Bertz CT molecular complexity index is 1240. The summed E-state index contributed by atoms with van der Waals surface area (Å²) in [7, 11) is 0. The third kappa shape index (κ3) is 4.39. The topological polar surface area (TPSA) is 125 Å². The second kappa shape index (κ2) is 8.70. The lowest BCUT2D eigenvalue weighted by Gasteiger charge is -2.32. The molecule has 0 spiro atoms. The Hall–Kier alpha value is -4.26. The van der Waals surface area contributed by atoms with Crippen LogP contribution in [0.25, 0.3) is 11.3 Å². The largest absolute Gasteiger partial charge is 0.340 e. The molecule has 4 rings (SSSR count). The van der Waals surface area contributed by atoms with E-state index in [1.807, 2.05) is 16.7 Å². The predicted octanol–water partition coefficient (Wildman–Crippen LogP) is 3.75. The normalized spacial score (nSPS) is 13.6. The Morgan fingerprint density at radius 1 is 1.18 bits per heavy atom. The molecular weight excluding hydrogens is 423 g/mol. The fourth-order valence-corrected chi connectivity index (χ4v) is 3.78. The first-order valence-electron chi connectivity index (χ1n) is 10.4. The third-order valence-corrected chi connectivity index (χ3v) is 5.49. The highest BCUT2D eigenvalue weighted by Crippen LogP contribution is 2.34. The lowest BCUT2D eigenvalue weighted by molar-refractivity contribution is -0.137. The molecule has 0 saturated carbocycles. The molecule has 1 aromatic heterocycles. The van der Waals surface area contributed by atoms with Crippen LogP contribution in [0, 0.1) is 17.1 Å². The number of amides is 1. The first-order valence-corrected chi connectivity index (χ1v) is 10.4. The smallest absolute Gasteiger partial charge is 0.252 e. The molecule has 1 aliphatic heterocycles. The zero-order valence-electron chi connectivity index (χ0n) is 18.3. The van der Waals surface area contributed by atoms with Gasteiger partial charge < -0.3 is 20.6 Å². The number of imidazole rings is 1. The van der Waals surface area contributed by atoms with Gasteiger partial charge in [0.25, 0.3) is 5.91 Å². The monoisotopic (exact) mass is 446 g/mol. The molecule has 9 nitrogen and oxygen atoms in total. The minimum absolute atomic E-state index is 0.198. The number of carbonyl (C=O) groups excluding carboxylic acids is 1. The van der Waals surface area contributed by atoms with E-state index in [1.165, 1.54) is 12.1 Å². The summed E-state index contributed by atoms with van der Waals surface area (Å²) in [6, 6.07) is 15.3. The van der Waals surface area contributed by atoms with Crippen molar-refractivity contribution in [2.45, 2.75) is 32.5 Å². The number of nitrogens with zero attached hydrogens (tertiary/aromatic N) is 6. The zero-order chi connectivity index (χ0) is 23.6. The number of aromatic nitrogens is 2. The molecule has 1 amide bonds. The quantitative estimate of drug-likeness (QED) is 0.351. The molecule has 2 heterocycles. The van der Waals surface area contributed by atoms with Crippen LogP contribution in [0.1, 0.15) is 25.2 Å². The maximum atomic E-state index is 13.5. The van der Waals surface area contributed by atoms with Crippen molar-refractivity contribution in [3.05, 3.63) is 65.7 Å². The van der Waals surface area contributed by atoms with E-state index >= 15 is 0 Å². The summed E-state index contributed by atoms with van der Waals surface area (Å²) in [5.74, 6) is 6.05. The van der Waals surface area contributed by atoms with Crippen LogP contribution in [-0.2, 0) is 17.9 Å². The van der Waals surface area contributed by atoms with Crippen LogP contribution in [0.15, 0.2) is 58.9 Å². The van der Waals surface area contributed by atoms with Crippen LogP contribution < -0.4 is 11.2 Å². The molecule has 1 aliphatic rings. The Balaban J connectivity index is 1.72. The number of hydrogen-bond donors (Lipinski definition) is 2. The molecule has 3 N–H and O–H groups in total. The highest BCUT2D eigenvalue weighted by molar-refractivity contribution is 5.86. The van der Waals surface area contributed by atoms with Crippen molar-refractivity contribution in [3.63, 3.8) is 0 Å². The second-order valence-electron chi connectivity index (χ2n) is 8.20. The predicted molar refractivity (Wildman–Crippen MR) is 121 cm³/mol. The third-order valence-electron chi connectivity index (χ3n) is 5.49. The number of nitriles is 1. The van der Waals surface area contributed by atoms with Gasteiger partial charge in [0.05, 0.1) is 18.2 Å². The van der Waals surface area contributed by atoms with Gasteiger partial charge in [0.1, 0.15) is 23.2 Å². The summed E-state index contributed by atoms with van der Waals surface area (Å²) in [5.41, 5.74) is 1.64. The number of fused-ring (bicyclic) bond motifs is 1. The average Bonchev–Trinajstić information content (AvgIpc) is 3.17. The van der Waals surface area contributed by atoms with Gasteiger partial charge in [-0.1, -0.05) is 5.22 Å². The van der Waals surface area contributed by atoms with E-state index in [4.69, 9.17) is 16.1 Å². The van der Waals surface area contributed by atoms with Crippen molar-refractivity contribution in [1.29, 1.82) is 5.26 Å². The van der Waals surface area contributed by atoms with Crippen LogP contribution in [0.2, 0.25) is 0 Å². The number of nitrogens with one attached hydrogen (secondary N) is 1. The van der Waals surface area contributed by atoms with E-state index in [2.05, 4.69) is 21.7 Å². The molecule has 0 aliphatic carbocycles. The molecule has 3 aromatic rings.